The first kappa shape index (κ1) is 14.0. The van der Waals surface area contributed by atoms with Crippen molar-refractivity contribution < 1.29 is 9.15 Å². The van der Waals surface area contributed by atoms with E-state index in [9.17, 15) is 0 Å². The number of hydrogen-bond donors (Lipinski definition) is 2. The monoisotopic (exact) mass is 278 g/mol. The van der Waals surface area contributed by atoms with Crippen molar-refractivity contribution >= 4 is 11.9 Å². The van der Waals surface area contributed by atoms with Crippen LogP contribution in [0.2, 0.25) is 0 Å². The zero-order valence-corrected chi connectivity index (χ0v) is 12.0. The molecule has 8 nitrogen and oxygen atoms in total. The standard InChI is InChI=1S/C12H18N6O2/c1-5-19-12-17-10(13-4)16-11(18-12)15-8(3)9-14-6-7(2)20-9/h6,8H,5H2,1-4H3,(H2,13,15,16,17,18). The molecule has 0 saturated carbocycles. The fourth-order valence-electron chi connectivity index (χ4n) is 1.55. The van der Waals surface area contributed by atoms with Crippen molar-refractivity contribution in [2.75, 3.05) is 24.3 Å². The molecule has 0 fully saturated rings. The summed E-state index contributed by atoms with van der Waals surface area (Å²) in [4.78, 5) is 16.6. The maximum absolute atomic E-state index is 5.46. The van der Waals surface area contributed by atoms with Crippen molar-refractivity contribution in [1.82, 2.24) is 19.9 Å². The predicted octanol–water partition coefficient (Wildman–Crippen LogP) is 1.78. The Morgan fingerprint density at radius 3 is 2.65 bits per heavy atom. The van der Waals surface area contributed by atoms with E-state index in [-0.39, 0.29) is 12.1 Å². The van der Waals surface area contributed by atoms with Gasteiger partial charge < -0.3 is 19.8 Å². The first-order valence-electron chi connectivity index (χ1n) is 6.37. The summed E-state index contributed by atoms with van der Waals surface area (Å²) in [5.74, 6) is 2.17. The zero-order chi connectivity index (χ0) is 14.5. The lowest BCUT2D eigenvalue weighted by Gasteiger charge is -2.12. The molecule has 1 atom stereocenters. The van der Waals surface area contributed by atoms with Crippen molar-refractivity contribution in [2.24, 2.45) is 0 Å². The molecule has 2 aromatic heterocycles. The number of nitrogens with one attached hydrogen (secondary N) is 2. The number of rotatable bonds is 6. The van der Waals surface area contributed by atoms with Gasteiger partial charge in [0.1, 0.15) is 11.8 Å². The third-order valence-electron chi connectivity index (χ3n) is 2.47. The molecule has 2 aromatic rings. The van der Waals surface area contributed by atoms with Crippen LogP contribution in [0.15, 0.2) is 10.6 Å². The van der Waals surface area contributed by atoms with E-state index in [2.05, 4.69) is 30.6 Å². The molecule has 0 saturated heterocycles. The summed E-state index contributed by atoms with van der Waals surface area (Å²) in [5, 5.41) is 5.97. The Morgan fingerprint density at radius 1 is 1.30 bits per heavy atom. The minimum Gasteiger partial charge on any atom is -0.464 e. The highest BCUT2D eigenvalue weighted by Gasteiger charge is 2.14. The highest BCUT2D eigenvalue weighted by molar-refractivity contribution is 5.36. The van der Waals surface area contributed by atoms with Crippen molar-refractivity contribution in [3.63, 3.8) is 0 Å². The molecule has 2 N–H and O–H groups in total. The first-order chi connectivity index (χ1) is 9.62. The minimum atomic E-state index is -0.162. The Kier molecular flexibility index (Phi) is 4.34. The minimum absolute atomic E-state index is 0.162. The molecule has 2 heterocycles. The fraction of sp³-hybridized carbons (Fsp3) is 0.500. The number of hydrogen-bond acceptors (Lipinski definition) is 8. The van der Waals surface area contributed by atoms with Crippen LogP contribution in [0, 0.1) is 6.92 Å². The van der Waals surface area contributed by atoms with Gasteiger partial charge in [-0.2, -0.15) is 15.0 Å². The largest absolute Gasteiger partial charge is 0.464 e. The lowest BCUT2D eigenvalue weighted by Crippen LogP contribution is -2.12. The molecule has 0 aliphatic carbocycles. The molecule has 20 heavy (non-hydrogen) atoms. The third kappa shape index (κ3) is 3.34. The Hall–Kier alpha value is -2.38. The van der Waals surface area contributed by atoms with Gasteiger partial charge in [0, 0.05) is 7.05 Å². The van der Waals surface area contributed by atoms with Crippen LogP contribution in [0.4, 0.5) is 11.9 Å². The molecule has 0 aliphatic rings. The number of aromatic nitrogens is 4. The summed E-state index contributed by atoms with van der Waals surface area (Å²) in [7, 11) is 1.73. The van der Waals surface area contributed by atoms with Crippen molar-refractivity contribution in [1.29, 1.82) is 0 Å². The van der Waals surface area contributed by atoms with Crippen LogP contribution in [0.25, 0.3) is 0 Å². The van der Waals surface area contributed by atoms with Gasteiger partial charge in [0.15, 0.2) is 0 Å². The third-order valence-corrected chi connectivity index (χ3v) is 2.47. The van der Waals surface area contributed by atoms with Crippen LogP contribution >= 0.6 is 0 Å². The lowest BCUT2D eigenvalue weighted by molar-refractivity contribution is 0.312. The van der Waals surface area contributed by atoms with Gasteiger partial charge in [0.25, 0.3) is 0 Å². The normalized spacial score (nSPS) is 12.0. The van der Waals surface area contributed by atoms with E-state index in [0.29, 0.717) is 24.4 Å². The first-order valence-corrected chi connectivity index (χ1v) is 6.37. The fourth-order valence-corrected chi connectivity index (χ4v) is 1.55. The average molecular weight is 278 g/mol. The maximum Gasteiger partial charge on any atom is 0.323 e. The van der Waals surface area contributed by atoms with E-state index in [1.165, 1.54) is 0 Å². The van der Waals surface area contributed by atoms with Gasteiger partial charge in [0.05, 0.1) is 12.8 Å². The van der Waals surface area contributed by atoms with Gasteiger partial charge in [-0.05, 0) is 20.8 Å². The smallest absolute Gasteiger partial charge is 0.323 e. The molecule has 1 unspecified atom stereocenters. The van der Waals surface area contributed by atoms with Crippen LogP contribution in [-0.4, -0.2) is 33.6 Å². The van der Waals surface area contributed by atoms with Gasteiger partial charge in [-0.25, -0.2) is 4.98 Å². The predicted molar refractivity (Wildman–Crippen MR) is 73.8 cm³/mol. The molecular weight excluding hydrogens is 260 g/mol. The lowest BCUT2D eigenvalue weighted by atomic mass is 10.3. The second-order valence-electron chi connectivity index (χ2n) is 4.12. The summed E-state index contributed by atoms with van der Waals surface area (Å²) in [6, 6.07) is 0.107. The highest BCUT2D eigenvalue weighted by atomic mass is 16.5. The Bertz CT molecular complexity index is 571. The van der Waals surface area contributed by atoms with Gasteiger partial charge in [-0.3, -0.25) is 0 Å². The summed E-state index contributed by atoms with van der Waals surface area (Å²) in [6.45, 7) is 6.11. The molecule has 0 amide bonds. The Labute approximate surface area is 117 Å². The summed E-state index contributed by atoms with van der Waals surface area (Å²) in [6.07, 6.45) is 1.67. The molecule has 0 bridgehead atoms. The molecule has 0 aromatic carbocycles. The molecular formula is C12H18N6O2. The molecule has 2 rings (SSSR count). The number of oxazole rings is 1. The van der Waals surface area contributed by atoms with E-state index >= 15 is 0 Å². The summed E-state index contributed by atoms with van der Waals surface area (Å²) in [5.41, 5.74) is 0. The highest BCUT2D eigenvalue weighted by Crippen LogP contribution is 2.18. The number of nitrogens with zero attached hydrogens (tertiary/aromatic N) is 4. The van der Waals surface area contributed by atoms with Crippen molar-refractivity contribution in [3.8, 4) is 6.01 Å². The van der Waals surface area contributed by atoms with Gasteiger partial charge in [0.2, 0.25) is 17.8 Å². The molecule has 0 aliphatic heterocycles. The van der Waals surface area contributed by atoms with Crippen LogP contribution in [0.3, 0.4) is 0 Å². The summed E-state index contributed by atoms with van der Waals surface area (Å²) < 4.78 is 10.8. The topological polar surface area (TPSA) is 98.0 Å². The van der Waals surface area contributed by atoms with Gasteiger partial charge in [-0.15, -0.1) is 0 Å². The van der Waals surface area contributed by atoms with Crippen molar-refractivity contribution in [2.45, 2.75) is 26.8 Å². The van der Waals surface area contributed by atoms with Crippen LogP contribution in [0.5, 0.6) is 6.01 Å². The Morgan fingerprint density at radius 2 is 2.05 bits per heavy atom. The van der Waals surface area contributed by atoms with Crippen LogP contribution < -0.4 is 15.4 Å². The number of ether oxygens (including phenoxy) is 1. The Balaban J connectivity index is 2.17. The van der Waals surface area contributed by atoms with Gasteiger partial charge >= 0.3 is 6.01 Å². The van der Waals surface area contributed by atoms with Gasteiger partial charge in [-0.1, -0.05) is 0 Å². The maximum atomic E-state index is 5.46. The zero-order valence-electron chi connectivity index (χ0n) is 12.0. The quantitative estimate of drug-likeness (QED) is 0.825. The van der Waals surface area contributed by atoms with E-state index in [1.807, 2.05) is 20.8 Å². The van der Waals surface area contributed by atoms with Crippen LogP contribution in [-0.2, 0) is 0 Å². The molecule has 8 heteroatoms. The summed E-state index contributed by atoms with van der Waals surface area (Å²) >= 11 is 0. The average Bonchev–Trinajstić information content (AvgIpc) is 2.85. The van der Waals surface area contributed by atoms with E-state index in [0.717, 1.165) is 5.76 Å². The van der Waals surface area contributed by atoms with Crippen LogP contribution in [0.1, 0.15) is 31.5 Å². The second-order valence-corrected chi connectivity index (χ2v) is 4.12. The number of aryl methyl sites for hydroxylation is 1. The second kappa shape index (κ2) is 6.18. The molecule has 0 spiro atoms. The number of anilines is 2. The van der Waals surface area contributed by atoms with E-state index in [1.54, 1.807) is 13.2 Å². The SMILES string of the molecule is CCOc1nc(NC)nc(NC(C)c2ncc(C)o2)n1. The van der Waals surface area contributed by atoms with E-state index in [4.69, 9.17) is 9.15 Å². The van der Waals surface area contributed by atoms with E-state index < -0.39 is 0 Å². The molecule has 0 radical (unpaired) electrons. The van der Waals surface area contributed by atoms with Crippen molar-refractivity contribution in [3.05, 3.63) is 17.8 Å². The molecule has 108 valence electrons.